The van der Waals surface area contributed by atoms with E-state index < -0.39 is 10.0 Å². The molecule has 19 heavy (non-hydrogen) atoms. The number of rotatable bonds is 6. The zero-order chi connectivity index (χ0) is 13.9. The molecule has 1 aromatic rings. The fourth-order valence-electron chi connectivity index (χ4n) is 2.12. The first-order valence-electron chi connectivity index (χ1n) is 6.37. The molecule has 2 heterocycles. The van der Waals surface area contributed by atoms with E-state index in [0.717, 1.165) is 19.6 Å². The van der Waals surface area contributed by atoms with E-state index in [9.17, 15) is 8.42 Å². The SMILES string of the molecule is CNS(=O)(=O)c1ccc(CNCC2CCOC2C)o1. The molecule has 2 rings (SSSR count). The Morgan fingerprint density at radius 2 is 2.21 bits per heavy atom. The largest absolute Gasteiger partial charge is 0.447 e. The molecule has 6 nitrogen and oxygen atoms in total. The molecule has 2 unspecified atom stereocenters. The minimum atomic E-state index is -3.49. The molecule has 1 aromatic heterocycles. The van der Waals surface area contributed by atoms with Gasteiger partial charge in [0, 0.05) is 13.2 Å². The molecule has 1 aliphatic heterocycles. The maximum Gasteiger partial charge on any atom is 0.273 e. The van der Waals surface area contributed by atoms with Crippen LogP contribution in [-0.4, -0.2) is 34.7 Å². The molecule has 0 radical (unpaired) electrons. The Morgan fingerprint density at radius 1 is 1.42 bits per heavy atom. The van der Waals surface area contributed by atoms with Crippen LogP contribution < -0.4 is 10.0 Å². The number of furan rings is 1. The first-order valence-corrected chi connectivity index (χ1v) is 7.86. The minimum Gasteiger partial charge on any atom is -0.447 e. The van der Waals surface area contributed by atoms with E-state index >= 15 is 0 Å². The van der Waals surface area contributed by atoms with Crippen molar-refractivity contribution in [2.45, 2.75) is 31.1 Å². The van der Waals surface area contributed by atoms with Gasteiger partial charge in [0.05, 0.1) is 12.6 Å². The summed E-state index contributed by atoms with van der Waals surface area (Å²) in [7, 11) is -2.13. The van der Waals surface area contributed by atoms with E-state index in [2.05, 4.69) is 17.0 Å². The molecule has 1 saturated heterocycles. The summed E-state index contributed by atoms with van der Waals surface area (Å²) in [4.78, 5) is 0. The van der Waals surface area contributed by atoms with E-state index in [-0.39, 0.29) is 11.2 Å². The highest BCUT2D eigenvalue weighted by atomic mass is 32.2. The summed E-state index contributed by atoms with van der Waals surface area (Å²) in [6, 6.07) is 3.13. The van der Waals surface area contributed by atoms with E-state index in [0.29, 0.717) is 18.2 Å². The van der Waals surface area contributed by atoms with Crippen molar-refractivity contribution in [1.82, 2.24) is 10.0 Å². The van der Waals surface area contributed by atoms with Gasteiger partial charge in [-0.15, -0.1) is 0 Å². The number of ether oxygens (including phenoxy) is 1. The molecular weight excluding hydrogens is 268 g/mol. The molecule has 108 valence electrons. The lowest BCUT2D eigenvalue weighted by molar-refractivity contribution is 0.105. The van der Waals surface area contributed by atoms with E-state index in [4.69, 9.17) is 9.15 Å². The lowest BCUT2D eigenvalue weighted by atomic mass is 10.0. The van der Waals surface area contributed by atoms with Crippen LogP contribution in [0.15, 0.2) is 21.6 Å². The van der Waals surface area contributed by atoms with E-state index in [1.165, 1.54) is 13.1 Å². The number of hydrogen-bond acceptors (Lipinski definition) is 5. The topological polar surface area (TPSA) is 80.6 Å². The summed E-state index contributed by atoms with van der Waals surface area (Å²) in [6.45, 7) is 4.25. The van der Waals surface area contributed by atoms with Gasteiger partial charge in [-0.1, -0.05) is 0 Å². The van der Waals surface area contributed by atoms with Crippen molar-refractivity contribution in [3.8, 4) is 0 Å². The van der Waals surface area contributed by atoms with Crippen LogP contribution in [0.25, 0.3) is 0 Å². The first kappa shape index (κ1) is 14.5. The van der Waals surface area contributed by atoms with Crippen LogP contribution in [0.3, 0.4) is 0 Å². The molecule has 7 heteroatoms. The molecule has 1 aliphatic rings. The second-order valence-electron chi connectivity index (χ2n) is 4.68. The predicted octanol–water partition coefficient (Wildman–Crippen LogP) is 0.702. The summed E-state index contributed by atoms with van der Waals surface area (Å²) in [5.41, 5.74) is 0. The van der Waals surface area contributed by atoms with Gasteiger partial charge in [0.25, 0.3) is 10.0 Å². The quantitative estimate of drug-likeness (QED) is 0.805. The molecular formula is C12H20N2O4S. The highest BCUT2D eigenvalue weighted by molar-refractivity contribution is 7.89. The fourth-order valence-corrected chi connectivity index (χ4v) is 2.79. The normalized spacial score (nSPS) is 23.9. The van der Waals surface area contributed by atoms with Crippen molar-refractivity contribution in [3.05, 3.63) is 17.9 Å². The molecule has 2 atom stereocenters. The smallest absolute Gasteiger partial charge is 0.273 e. The molecule has 0 bridgehead atoms. The van der Waals surface area contributed by atoms with Gasteiger partial charge in [-0.25, -0.2) is 13.1 Å². The zero-order valence-corrected chi connectivity index (χ0v) is 12.0. The van der Waals surface area contributed by atoms with Crippen LogP contribution in [0, 0.1) is 5.92 Å². The lowest BCUT2D eigenvalue weighted by Crippen LogP contribution is -2.26. The predicted molar refractivity (Wildman–Crippen MR) is 70.2 cm³/mol. The molecule has 1 fully saturated rings. The molecule has 0 aromatic carbocycles. The van der Waals surface area contributed by atoms with Crippen molar-refractivity contribution in [2.24, 2.45) is 5.92 Å². The standard InChI is InChI=1S/C12H20N2O4S/c1-9-10(5-6-17-9)7-14-8-11-3-4-12(18-11)19(15,16)13-2/h3-4,9-10,13-14H,5-8H2,1-2H3. The van der Waals surface area contributed by atoms with Gasteiger partial charge < -0.3 is 14.5 Å². The second-order valence-corrected chi connectivity index (χ2v) is 6.50. The van der Waals surface area contributed by atoms with Gasteiger partial charge >= 0.3 is 0 Å². The maximum absolute atomic E-state index is 11.5. The van der Waals surface area contributed by atoms with E-state index in [1.54, 1.807) is 6.07 Å². The Hall–Kier alpha value is -0.890. The minimum absolute atomic E-state index is 0.0515. The van der Waals surface area contributed by atoms with Gasteiger partial charge in [-0.05, 0) is 38.4 Å². The molecule has 2 N–H and O–H groups in total. The van der Waals surface area contributed by atoms with E-state index in [1.807, 2.05) is 0 Å². The Morgan fingerprint density at radius 3 is 2.84 bits per heavy atom. The van der Waals surface area contributed by atoms with Crippen LogP contribution >= 0.6 is 0 Å². The first-order chi connectivity index (χ1) is 9.03. The third-order valence-electron chi connectivity index (χ3n) is 3.41. The summed E-state index contributed by atoms with van der Waals surface area (Å²) in [6.07, 6.45) is 1.34. The van der Waals surface area contributed by atoms with Gasteiger partial charge in [0.1, 0.15) is 5.76 Å². The van der Waals surface area contributed by atoms with Crippen LogP contribution in [0.5, 0.6) is 0 Å². The van der Waals surface area contributed by atoms with Gasteiger partial charge in [0.2, 0.25) is 5.09 Å². The monoisotopic (exact) mass is 288 g/mol. The third kappa shape index (κ3) is 3.56. The summed E-state index contributed by atoms with van der Waals surface area (Å²) >= 11 is 0. The Labute approximate surface area is 113 Å². The van der Waals surface area contributed by atoms with Crippen molar-refractivity contribution in [2.75, 3.05) is 20.2 Å². The Bertz CT molecular complexity index is 512. The van der Waals surface area contributed by atoms with Gasteiger partial charge in [-0.2, -0.15) is 0 Å². The van der Waals surface area contributed by atoms with Crippen molar-refractivity contribution < 1.29 is 17.6 Å². The lowest BCUT2D eigenvalue weighted by Gasteiger charge is -2.13. The zero-order valence-electron chi connectivity index (χ0n) is 11.2. The molecule has 0 aliphatic carbocycles. The molecule has 0 amide bonds. The highest BCUT2D eigenvalue weighted by Crippen LogP contribution is 2.19. The number of nitrogens with one attached hydrogen (secondary N) is 2. The Balaban J connectivity index is 1.84. The Kier molecular flexibility index (Phi) is 4.62. The third-order valence-corrected chi connectivity index (χ3v) is 4.70. The maximum atomic E-state index is 11.5. The summed E-state index contributed by atoms with van der Waals surface area (Å²) in [5, 5.41) is 3.22. The number of sulfonamides is 1. The van der Waals surface area contributed by atoms with Crippen LogP contribution in [0.4, 0.5) is 0 Å². The van der Waals surface area contributed by atoms with Crippen molar-refractivity contribution >= 4 is 10.0 Å². The molecule has 0 saturated carbocycles. The van der Waals surface area contributed by atoms with Crippen LogP contribution in [-0.2, 0) is 21.3 Å². The second kappa shape index (κ2) is 6.04. The fraction of sp³-hybridized carbons (Fsp3) is 0.667. The van der Waals surface area contributed by atoms with Crippen molar-refractivity contribution in [1.29, 1.82) is 0 Å². The van der Waals surface area contributed by atoms with Gasteiger partial charge in [-0.3, -0.25) is 0 Å². The summed E-state index contributed by atoms with van der Waals surface area (Å²) < 4.78 is 36.0. The molecule has 0 spiro atoms. The average molecular weight is 288 g/mol. The van der Waals surface area contributed by atoms with Crippen LogP contribution in [0.1, 0.15) is 19.1 Å². The number of hydrogen-bond donors (Lipinski definition) is 2. The average Bonchev–Trinajstić information content (AvgIpc) is 3.00. The summed E-state index contributed by atoms with van der Waals surface area (Å²) in [5.74, 6) is 1.12. The highest BCUT2D eigenvalue weighted by Gasteiger charge is 2.23. The van der Waals surface area contributed by atoms with Crippen LogP contribution in [0.2, 0.25) is 0 Å². The van der Waals surface area contributed by atoms with Gasteiger partial charge in [0.15, 0.2) is 0 Å². The van der Waals surface area contributed by atoms with Crippen molar-refractivity contribution in [3.63, 3.8) is 0 Å².